The first-order valence-electron chi connectivity index (χ1n) is 7.67. The van der Waals surface area contributed by atoms with E-state index in [1.54, 1.807) is 6.92 Å². The summed E-state index contributed by atoms with van der Waals surface area (Å²) in [4.78, 5) is 0. The fourth-order valence-corrected chi connectivity index (χ4v) is 2.61. The summed E-state index contributed by atoms with van der Waals surface area (Å²) in [7, 11) is 0. The van der Waals surface area contributed by atoms with E-state index in [-0.39, 0.29) is 51.0 Å². The maximum atomic E-state index is 3.25. The second-order valence-electron chi connectivity index (χ2n) is 5.32. The van der Waals surface area contributed by atoms with Crippen LogP contribution in [0.15, 0.2) is 72.8 Å². The fraction of sp³-hybridized carbons (Fsp3) is 0.136. The van der Waals surface area contributed by atoms with E-state index in [4.69, 9.17) is 0 Å². The van der Waals surface area contributed by atoms with E-state index in [1.807, 2.05) is 0 Å². The number of benzene rings is 2. The SMILES string of the molecule is Cc1cc2ccccc2[cH-]1.Cc1cc2ccccc2[cH-]1.[CH2-]C.[Cl-].[Cl-].[Zr+2]. The zero-order chi connectivity index (χ0) is 15.9. The minimum absolute atomic E-state index is 0. The molecule has 0 saturated carbocycles. The first kappa shape index (κ1) is 26.4. The van der Waals surface area contributed by atoms with Gasteiger partial charge in [-0.25, -0.2) is 0 Å². The molecule has 0 nitrogen and oxygen atoms in total. The molecule has 4 aromatic rings. The second-order valence-corrected chi connectivity index (χ2v) is 5.32. The Morgan fingerprint density at radius 3 is 1.28 bits per heavy atom. The van der Waals surface area contributed by atoms with Gasteiger partial charge in [0, 0.05) is 0 Å². The third-order valence-electron chi connectivity index (χ3n) is 3.52. The molecule has 4 rings (SSSR count). The Kier molecular flexibility index (Phi) is 14.1. The van der Waals surface area contributed by atoms with E-state index in [0.29, 0.717) is 0 Å². The predicted octanol–water partition coefficient (Wildman–Crippen LogP) is 0.580. The first-order valence-corrected chi connectivity index (χ1v) is 7.67. The van der Waals surface area contributed by atoms with Crippen molar-refractivity contribution in [2.45, 2.75) is 20.8 Å². The van der Waals surface area contributed by atoms with Crippen molar-refractivity contribution in [3.05, 3.63) is 90.8 Å². The van der Waals surface area contributed by atoms with E-state index in [2.05, 4.69) is 93.6 Å². The van der Waals surface area contributed by atoms with Crippen LogP contribution in [0.4, 0.5) is 0 Å². The molecule has 0 heterocycles. The molecule has 132 valence electrons. The molecule has 0 spiro atoms. The summed E-state index contributed by atoms with van der Waals surface area (Å²) in [5.74, 6) is 0. The molecular weight excluding hydrogens is 426 g/mol. The van der Waals surface area contributed by atoms with Crippen LogP contribution in [0.25, 0.3) is 21.5 Å². The fourth-order valence-electron chi connectivity index (χ4n) is 2.61. The van der Waals surface area contributed by atoms with Gasteiger partial charge in [0.1, 0.15) is 0 Å². The van der Waals surface area contributed by atoms with Gasteiger partial charge in [-0.15, -0.1) is 81.2 Å². The second kappa shape index (κ2) is 13.3. The molecule has 0 radical (unpaired) electrons. The summed E-state index contributed by atoms with van der Waals surface area (Å²) >= 11 is 0. The van der Waals surface area contributed by atoms with Crippen LogP contribution in [-0.2, 0) is 26.2 Å². The summed E-state index contributed by atoms with van der Waals surface area (Å²) in [5, 5.41) is 5.39. The molecule has 0 saturated heterocycles. The molecule has 0 aliphatic rings. The van der Waals surface area contributed by atoms with Gasteiger partial charge < -0.3 is 31.7 Å². The van der Waals surface area contributed by atoms with Gasteiger partial charge in [0.25, 0.3) is 0 Å². The van der Waals surface area contributed by atoms with Crippen LogP contribution in [0.1, 0.15) is 18.1 Å². The molecular formula is C22H23Cl2Zr-3. The molecule has 4 aromatic carbocycles. The number of rotatable bonds is 0. The number of aryl methyl sites for hydroxylation is 2. The van der Waals surface area contributed by atoms with Gasteiger partial charge >= 0.3 is 26.2 Å². The van der Waals surface area contributed by atoms with Crippen molar-refractivity contribution in [2.24, 2.45) is 0 Å². The Morgan fingerprint density at radius 1 is 0.640 bits per heavy atom. The summed E-state index contributed by atoms with van der Waals surface area (Å²) in [6.07, 6.45) is 0. The van der Waals surface area contributed by atoms with Gasteiger partial charge in [0.2, 0.25) is 0 Å². The number of fused-ring (bicyclic) bond motifs is 2. The maximum absolute atomic E-state index is 3.25. The number of hydrogen-bond donors (Lipinski definition) is 0. The van der Waals surface area contributed by atoms with E-state index >= 15 is 0 Å². The molecule has 0 fully saturated rings. The molecule has 3 heteroatoms. The zero-order valence-corrected chi connectivity index (χ0v) is 18.9. The molecule has 0 atom stereocenters. The summed E-state index contributed by atoms with van der Waals surface area (Å²) in [6.45, 7) is 9.25. The van der Waals surface area contributed by atoms with Crippen molar-refractivity contribution >= 4 is 21.5 Å². The van der Waals surface area contributed by atoms with E-state index in [1.165, 1.54) is 32.7 Å². The van der Waals surface area contributed by atoms with Crippen LogP contribution in [0.2, 0.25) is 0 Å². The largest absolute Gasteiger partial charge is 2.00 e. The van der Waals surface area contributed by atoms with Crippen LogP contribution in [0.5, 0.6) is 0 Å². The van der Waals surface area contributed by atoms with Gasteiger partial charge in [0.15, 0.2) is 0 Å². The van der Waals surface area contributed by atoms with Crippen LogP contribution in [-0.4, -0.2) is 0 Å². The van der Waals surface area contributed by atoms with Gasteiger partial charge in [-0.1, -0.05) is 26.0 Å². The number of hydrogen-bond acceptors (Lipinski definition) is 0. The van der Waals surface area contributed by atoms with Crippen molar-refractivity contribution in [2.75, 3.05) is 0 Å². The normalized spacial score (nSPS) is 8.64. The monoisotopic (exact) mass is 447 g/mol. The van der Waals surface area contributed by atoms with E-state index < -0.39 is 0 Å². The molecule has 0 N–H and O–H groups in total. The van der Waals surface area contributed by atoms with Gasteiger partial charge in [-0.05, 0) is 0 Å². The summed E-state index contributed by atoms with van der Waals surface area (Å²) < 4.78 is 0. The smallest absolute Gasteiger partial charge is 1.00 e. The standard InChI is InChI=1S/2C10H9.C2H5.2ClH.Zr/c2*1-8-6-9-4-2-3-5-10(9)7-8;1-2;;;/h2*2-7H,1H3;1H2,2H3;2*1H;/q3*-1;;;+2/p-2. The van der Waals surface area contributed by atoms with Crippen LogP contribution < -0.4 is 24.8 Å². The topological polar surface area (TPSA) is 0 Å². The first-order chi connectivity index (χ1) is 10.7. The predicted molar refractivity (Wildman–Crippen MR) is 99.6 cm³/mol. The summed E-state index contributed by atoms with van der Waals surface area (Å²) in [5.41, 5.74) is 2.70. The molecule has 25 heavy (non-hydrogen) atoms. The Hall–Kier alpha value is -0.877. The maximum Gasteiger partial charge on any atom is 2.00 e. The third kappa shape index (κ3) is 7.49. The molecule has 0 aromatic heterocycles. The Bertz CT molecular complexity index is 705. The van der Waals surface area contributed by atoms with E-state index in [9.17, 15) is 0 Å². The molecule has 0 unspecified atom stereocenters. The van der Waals surface area contributed by atoms with Crippen LogP contribution in [0, 0.1) is 20.8 Å². The van der Waals surface area contributed by atoms with Crippen molar-refractivity contribution in [3.63, 3.8) is 0 Å². The molecule has 0 aliphatic carbocycles. The Morgan fingerprint density at radius 2 is 0.960 bits per heavy atom. The average Bonchev–Trinajstić information content (AvgIpc) is 3.10. The van der Waals surface area contributed by atoms with Crippen molar-refractivity contribution < 1.29 is 51.0 Å². The number of halogens is 2. The molecule has 0 aliphatic heterocycles. The average molecular weight is 450 g/mol. The third-order valence-corrected chi connectivity index (χ3v) is 3.52. The van der Waals surface area contributed by atoms with Gasteiger partial charge in [-0.3, -0.25) is 0 Å². The van der Waals surface area contributed by atoms with E-state index in [0.717, 1.165) is 0 Å². The van der Waals surface area contributed by atoms with Crippen molar-refractivity contribution in [3.8, 4) is 0 Å². The zero-order valence-electron chi connectivity index (χ0n) is 14.9. The minimum Gasteiger partial charge on any atom is -1.00 e. The molecule has 0 amide bonds. The van der Waals surface area contributed by atoms with Crippen molar-refractivity contribution in [1.29, 1.82) is 0 Å². The van der Waals surface area contributed by atoms with Crippen molar-refractivity contribution in [1.82, 2.24) is 0 Å². The van der Waals surface area contributed by atoms with Crippen LogP contribution >= 0.6 is 0 Å². The minimum atomic E-state index is 0. The van der Waals surface area contributed by atoms with Crippen LogP contribution in [0.3, 0.4) is 0 Å². The Labute approximate surface area is 183 Å². The molecule has 0 bridgehead atoms. The Balaban J connectivity index is 0. The summed E-state index contributed by atoms with van der Waals surface area (Å²) in [6, 6.07) is 25.7. The van der Waals surface area contributed by atoms with Gasteiger partial charge in [0.05, 0.1) is 0 Å². The quantitative estimate of drug-likeness (QED) is 0.345. The van der Waals surface area contributed by atoms with Gasteiger partial charge in [-0.2, -0.15) is 19.1 Å².